The van der Waals surface area contributed by atoms with Gasteiger partial charge in [0.25, 0.3) is 0 Å². The van der Waals surface area contributed by atoms with Gasteiger partial charge in [-0.15, -0.1) is 11.8 Å². The third-order valence-electron chi connectivity index (χ3n) is 4.10. The number of thioether (sulfide) groups is 1. The minimum absolute atomic E-state index is 0.00617. The van der Waals surface area contributed by atoms with Crippen LogP contribution in [0.1, 0.15) is 0 Å². The number of halogens is 1. The van der Waals surface area contributed by atoms with Gasteiger partial charge in [0.15, 0.2) is 0 Å². The third kappa shape index (κ3) is 4.36. The number of rotatable bonds is 5. The Labute approximate surface area is 170 Å². The Balaban J connectivity index is 2.40. The summed E-state index contributed by atoms with van der Waals surface area (Å²) in [6, 6.07) is 0. The number of alkyl halides is 1. The summed E-state index contributed by atoms with van der Waals surface area (Å²) >= 11 is 3.76. The van der Waals surface area contributed by atoms with Crippen molar-refractivity contribution in [2.75, 3.05) is 4.43 Å². The molecule has 0 aliphatic carbocycles. The minimum atomic E-state index is -2.00. The Hall–Kier alpha value is -0.266. The first-order chi connectivity index (χ1) is 11.4. The standard InChI is InChI=1S/C16H27IN2O3SSi2/c1-24(2,3)12-14(20)19-13(18)10(8-7-9-17)11(23-15(12)19)16(21)22-25(4,5)6/h7-8,11-12,15H,9,18H2,1-6H3/t11?,12-,15-/m1/s1. The van der Waals surface area contributed by atoms with E-state index in [0.29, 0.717) is 11.4 Å². The predicted octanol–water partition coefficient (Wildman–Crippen LogP) is 3.52. The van der Waals surface area contributed by atoms with Crippen LogP contribution in [0.15, 0.2) is 23.5 Å². The van der Waals surface area contributed by atoms with Crippen LogP contribution >= 0.6 is 34.4 Å². The van der Waals surface area contributed by atoms with Crippen LogP contribution in [0.2, 0.25) is 44.8 Å². The lowest BCUT2D eigenvalue weighted by atomic mass is 10.1. The highest BCUT2D eigenvalue weighted by Crippen LogP contribution is 2.52. The second-order valence-electron chi connectivity index (χ2n) is 8.39. The second kappa shape index (κ2) is 7.39. The van der Waals surface area contributed by atoms with Crippen LogP contribution in [0.3, 0.4) is 0 Å². The number of nitrogens with zero attached hydrogens (tertiary/aromatic N) is 1. The minimum Gasteiger partial charge on any atom is -0.519 e. The zero-order valence-electron chi connectivity index (χ0n) is 15.6. The summed E-state index contributed by atoms with van der Waals surface area (Å²) in [6.45, 7) is 12.6. The van der Waals surface area contributed by atoms with Crippen LogP contribution in [0.4, 0.5) is 0 Å². The summed E-state index contributed by atoms with van der Waals surface area (Å²) in [5.74, 6) is 0.293. The van der Waals surface area contributed by atoms with Crippen molar-refractivity contribution in [3.8, 4) is 0 Å². The first kappa shape index (κ1) is 21.0. The van der Waals surface area contributed by atoms with Crippen molar-refractivity contribution in [2.45, 2.75) is 55.4 Å². The molecule has 2 rings (SSSR count). The lowest BCUT2D eigenvalue weighted by Gasteiger charge is -2.54. The molecule has 0 aromatic heterocycles. The van der Waals surface area contributed by atoms with Crippen LogP contribution in [-0.2, 0) is 14.0 Å². The zero-order chi connectivity index (χ0) is 19.2. The molecule has 0 aromatic rings. The number of fused-ring (bicyclic) bond motifs is 1. The maximum atomic E-state index is 12.8. The summed E-state index contributed by atoms with van der Waals surface area (Å²) in [4.78, 5) is 27.2. The van der Waals surface area contributed by atoms with Gasteiger partial charge in [0.05, 0.1) is 19.0 Å². The molecule has 0 spiro atoms. The van der Waals surface area contributed by atoms with E-state index in [2.05, 4.69) is 42.2 Å². The van der Waals surface area contributed by atoms with Gasteiger partial charge in [-0.3, -0.25) is 14.5 Å². The molecule has 25 heavy (non-hydrogen) atoms. The lowest BCUT2D eigenvalue weighted by molar-refractivity contribution is -0.140. The number of β-lactam (4-membered cyclic amide) rings is 1. The van der Waals surface area contributed by atoms with Crippen LogP contribution in [-0.4, -0.2) is 48.2 Å². The predicted molar refractivity (Wildman–Crippen MR) is 118 cm³/mol. The summed E-state index contributed by atoms with van der Waals surface area (Å²) in [5, 5.41) is -0.505. The van der Waals surface area contributed by atoms with Crippen molar-refractivity contribution < 1.29 is 14.0 Å². The SMILES string of the molecule is C[Si](C)(C)OC(=O)C1S[C@@H]2[C@H]([Si](C)(C)C)C(=O)N2C(N)=C1C=CCI. The van der Waals surface area contributed by atoms with E-state index in [4.69, 9.17) is 10.2 Å². The molecule has 2 heterocycles. The van der Waals surface area contributed by atoms with Crippen molar-refractivity contribution in [1.82, 2.24) is 4.90 Å². The Kier molecular flexibility index (Phi) is 6.22. The average molecular weight is 511 g/mol. The van der Waals surface area contributed by atoms with Gasteiger partial charge in [-0.2, -0.15) is 0 Å². The molecule has 0 radical (unpaired) electrons. The van der Waals surface area contributed by atoms with Gasteiger partial charge in [0, 0.05) is 10.0 Å². The number of carbonyl (C=O) groups is 2. The molecule has 3 atom stereocenters. The number of carbonyl (C=O) groups excluding carboxylic acids is 2. The van der Waals surface area contributed by atoms with Crippen LogP contribution in [0.25, 0.3) is 0 Å². The lowest BCUT2D eigenvalue weighted by Crippen LogP contribution is -2.65. The first-order valence-electron chi connectivity index (χ1n) is 8.32. The molecule has 1 fully saturated rings. The third-order valence-corrected chi connectivity index (χ3v) is 9.57. The molecule has 0 saturated carbocycles. The van der Waals surface area contributed by atoms with Crippen LogP contribution < -0.4 is 5.73 Å². The Morgan fingerprint density at radius 1 is 1.32 bits per heavy atom. The fourth-order valence-corrected chi connectivity index (χ4v) is 8.83. The molecule has 0 bridgehead atoms. The molecule has 140 valence electrons. The van der Waals surface area contributed by atoms with Gasteiger partial charge in [0.1, 0.15) is 11.1 Å². The fraction of sp³-hybridized carbons (Fsp3) is 0.625. The molecule has 1 saturated heterocycles. The van der Waals surface area contributed by atoms with E-state index >= 15 is 0 Å². The molecule has 0 aromatic carbocycles. The second-order valence-corrected chi connectivity index (χ2v) is 20.3. The van der Waals surface area contributed by atoms with Gasteiger partial charge in [0.2, 0.25) is 14.2 Å². The molecular formula is C16H27IN2O3SSi2. The Bertz CT molecular complexity index is 640. The summed E-state index contributed by atoms with van der Waals surface area (Å²) in [6.07, 6.45) is 3.83. The maximum Gasteiger partial charge on any atom is 0.310 e. The molecule has 5 nitrogen and oxygen atoms in total. The molecule has 1 amide bonds. The summed E-state index contributed by atoms with van der Waals surface area (Å²) in [7, 11) is -3.69. The number of allylic oxidation sites excluding steroid dienone is 2. The molecule has 2 aliphatic rings. The van der Waals surface area contributed by atoms with E-state index in [1.165, 1.54) is 11.8 Å². The highest BCUT2D eigenvalue weighted by Gasteiger charge is 2.58. The van der Waals surface area contributed by atoms with E-state index in [0.717, 1.165) is 4.43 Å². The molecule has 1 unspecified atom stereocenters. The van der Waals surface area contributed by atoms with Crippen molar-refractivity contribution >= 4 is 62.6 Å². The largest absolute Gasteiger partial charge is 0.519 e. The molecule has 2 aliphatic heterocycles. The normalized spacial score (nSPS) is 27.4. The monoisotopic (exact) mass is 510 g/mol. The zero-order valence-corrected chi connectivity index (χ0v) is 20.6. The summed E-state index contributed by atoms with van der Waals surface area (Å²) < 4.78 is 6.56. The van der Waals surface area contributed by atoms with Gasteiger partial charge < -0.3 is 10.2 Å². The molecule has 2 N–H and O–H groups in total. The number of hydrogen-bond donors (Lipinski definition) is 1. The van der Waals surface area contributed by atoms with Crippen LogP contribution in [0.5, 0.6) is 0 Å². The average Bonchev–Trinajstić information content (AvgIpc) is 2.40. The number of hydrogen-bond acceptors (Lipinski definition) is 5. The van der Waals surface area contributed by atoms with Gasteiger partial charge in [-0.05, 0) is 19.6 Å². The number of nitrogens with two attached hydrogens (primary N) is 1. The van der Waals surface area contributed by atoms with E-state index < -0.39 is 21.6 Å². The van der Waals surface area contributed by atoms with E-state index in [1.807, 2.05) is 31.8 Å². The Morgan fingerprint density at radius 3 is 2.40 bits per heavy atom. The highest BCUT2D eigenvalue weighted by atomic mass is 127. The molecular weight excluding hydrogens is 483 g/mol. The van der Waals surface area contributed by atoms with Crippen molar-refractivity contribution in [1.29, 1.82) is 0 Å². The Morgan fingerprint density at radius 2 is 1.92 bits per heavy atom. The fourth-order valence-electron chi connectivity index (χ4n) is 3.03. The van der Waals surface area contributed by atoms with Crippen molar-refractivity contribution in [3.63, 3.8) is 0 Å². The first-order valence-corrected chi connectivity index (χ1v) is 17.8. The van der Waals surface area contributed by atoms with E-state index in [9.17, 15) is 9.59 Å². The van der Waals surface area contributed by atoms with E-state index in [1.54, 1.807) is 4.90 Å². The smallest absolute Gasteiger partial charge is 0.310 e. The quantitative estimate of drug-likeness (QED) is 0.265. The van der Waals surface area contributed by atoms with Crippen molar-refractivity contribution in [2.24, 2.45) is 5.73 Å². The van der Waals surface area contributed by atoms with Crippen molar-refractivity contribution in [3.05, 3.63) is 23.5 Å². The maximum absolute atomic E-state index is 12.8. The van der Waals surface area contributed by atoms with Gasteiger partial charge in [-0.1, -0.05) is 54.4 Å². The molecule has 9 heteroatoms. The van der Waals surface area contributed by atoms with E-state index in [-0.39, 0.29) is 22.8 Å². The number of amides is 1. The van der Waals surface area contributed by atoms with Gasteiger partial charge >= 0.3 is 5.97 Å². The highest BCUT2D eigenvalue weighted by molar-refractivity contribution is 14.1. The topological polar surface area (TPSA) is 72.6 Å². The summed E-state index contributed by atoms with van der Waals surface area (Å²) in [5.41, 5.74) is 7.02. The van der Waals surface area contributed by atoms with Crippen LogP contribution in [0, 0.1) is 0 Å². The van der Waals surface area contributed by atoms with Gasteiger partial charge in [-0.25, -0.2) is 0 Å².